The first kappa shape index (κ1) is 25.4. The number of fused-ring (bicyclic) bond motifs is 1. The number of rotatable bonds is 7. The van der Waals surface area contributed by atoms with E-state index in [0.717, 1.165) is 43.2 Å². The minimum atomic E-state index is -0.936. The van der Waals surface area contributed by atoms with Gasteiger partial charge in [0, 0.05) is 34.1 Å². The Morgan fingerprint density at radius 3 is 2.32 bits per heavy atom. The quantitative estimate of drug-likeness (QED) is 0.232. The fourth-order valence-electron chi connectivity index (χ4n) is 3.68. The van der Waals surface area contributed by atoms with Crippen LogP contribution in [0.5, 0.6) is 5.75 Å². The lowest BCUT2D eigenvalue weighted by Crippen LogP contribution is -2.22. The number of esters is 2. The van der Waals surface area contributed by atoms with E-state index >= 15 is 0 Å². The van der Waals surface area contributed by atoms with Crippen LogP contribution < -0.4 is 15.4 Å². The van der Waals surface area contributed by atoms with Crippen LogP contribution in [0.4, 0.5) is 20.6 Å². The number of carbonyl (C=O) groups is 4. The van der Waals surface area contributed by atoms with Crippen molar-refractivity contribution in [2.45, 2.75) is 0 Å². The van der Waals surface area contributed by atoms with Crippen molar-refractivity contribution in [2.75, 3.05) is 32.0 Å². The molecule has 190 valence electrons. The van der Waals surface area contributed by atoms with Crippen LogP contribution in [0.3, 0.4) is 0 Å². The number of carbonyl (C=O) groups excluding carboxylic acids is 4. The first-order valence-electron chi connectivity index (χ1n) is 10.6. The Hall–Kier alpha value is -4.71. The molecule has 2 amide bonds. The second-order valence-electron chi connectivity index (χ2n) is 7.53. The lowest BCUT2D eigenvalue weighted by atomic mass is 10.0. The third-order valence-corrected chi connectivity index (χ3v) is 6.38. The second-order valence-corrected chi connectivity index (χ2v) is 8.40. The van der Waals surface area contributed by atoms with Gasteiger partial charge in [-0.2, -0.15) is 0 Å². The summed E-state index contributed by atoms with van der Waals surface area (Å²) in [6.45, 7) is 0. The molecule has 0 atom stereocenters. The summed E-state index contributed by atoms with van der Waals surface area (Å²) in [6, 6.07) is 8.39. The number of H-pyrrole nitrogens is 1. The third-order valence-electron chi connectivity index (χ3n) is 5.42. The van der Waals surface area contributed by atoms with Gasteiger partial charge in [-0.05, 0) is 12.1 Å². The summed E-state index contributed by atoms with van der Waals surface area (Å²) in [5.41, 5.74) is 0.534. The number of aromatic amines is 1. The molecular formula is C25H20FN3O7S. The second kappa shape index (κ2) is 10.5. The van der Waals surface area contributed by atoms with Gasteiger partial charge in [0.1, 0.15) is 22.0 Å². The number of ether oxygens (including phenoxy) is 3. The average Bonchev–Trinajstić information content (AvgIpc) is 3.52. The minimum Gasteiger partial charge on any atom is -0.496 e. The highest BCUT2D eigenvalue weighted by atomic mass is 32.1. The van der Waals surface area contributed by atoms with Crippen LogP contribution in [-0.2, 0) is 9.47 Å². The van der Waals surface area contributed by atoms with Gasteiger partial charge in [0.05, 0.1) is 38.3 Å². The van der Waals surface area contributed by atoms with Crippen molar-refractivity contribution in [3.8, 4) is 5.75 Å². The summed E-state index contributed by atoms with van der Waals surface area (Å²) >= 11 is 0.859. The molecule has 3 N–H and O–H groups in total. The van der Waals surface area contributed by atoms with Crippen molar-refractivity contribution in [3.05, 3.63) is 75.4 Å². The summed E-state index contributed by atoms with van der Waals surface area (Å²) in [6.07, 6.45) is 1.54. The van der Waals surface area contributed by atoms with E-state index in [2.05, 4.69) is 20.4 Å². The van der Waals surface area contributed by atoms with Gasteiger partial charge in [0.15, 0.2) is 5.78 Å². The largest absolute Gasteiger partial charge is 0.496 e. The molecule has 2 heterocycles. The van der Waals surface area contributed by atoms with Crippen molar-refractivity contribution in [3.63, 3.8) is 0 Å². The van der Waals surface area contributed by atoms with E-state index in [0.29, 0.717) is 10.9 Å². The van der Waals surface area contributed by atoms with Crippen LogP contribution in [0.15, 0.2) is 48.0 Å². The predicted molar refractivity (Wildman–Crippen MR) is 134 cm³/mol. The molecule has 4 rings (SSSR count). The summed E-state index contributed by atoms with van der Waals surface area (Å²) in [7, 11) is 3.55. The zero-order valence-electron chi connectivity index (χ0n) is 19.8. The zero-order valence-corrected chi connectivity index (χ0v) is 20.6. The molecule has 4 aromatic rings. The van der Waals surface area contributed by atoms with Gasteiger partial charge >= 0.3 is 18.0 Å². The number of thiophene rings is 1. The fourth-order valence-corrected chi connectivity index (χ4v) is 4.58. The lowest BCUT2D eigenvalue weighted by Gasteiger charge is -2.13. The molecule has 0 aliphatic heterocycles. The number of nitrogens with one attached hydrogen (secondary N) is 3. The molecule has 37 heavy (non-hydrogen) atoms. The number of benzene rings is 2. The maximum atomic E-state index is 14.8. The van der Waals surface area contributed by atoms with Gasteiger partial charge in [-0.3, -0.25) is 4.79 Å². The van der Waals surface area contributed by atoms with Gasteiger partial charge < -0.3 is 29.8 Å². The minimum absolute atomic E-state index is 0.0164. The smallest absolute Gasteiger partial charge is 0.349 e. The molecule has 0 spiro atoms. The normalized spacial score (nSPS) is 10.6. The lowest BCUT2D eigenvalue weighted by molar-refractivity contribution is 0.0561. The van der Waals surface area contributed by atoms with Crippen molar-refractivity contribution in [2.24, 2.45) is 0 Å². The molecular weight excluding hydrogens is 505 g/mol. The van der Waals surface area contributed by atoms with Gasteiger partial charge in [0.25, 0.3) is 0 Å². The number of ketones is 1. The standard InChI is InChI=1S/C25H20FN3O7S/c1-34-19-9-15(26)17(8-13(19)21(30)14-10-27-16-7-5-4-6-12(14)16)28-25(33)29-18-11-37-22(24(32)36-3)20(18)23(31)35-2/h4-11,27H,1-3H3,(H2,28,29,33). The Kier molecular flexibility index (Phi) is 7.20. The molecule has 10 nitrogen and oxygen atoms in total. The van der Waals surface area contributed by atoms with Crippen LogP contribution in [0.25, 0.3) is 10.9 Å². The Morgan fingerprint density at radius 1 is 0.919 bits per heavy atom. The number of para-hydroxylation sites is 1. The van der Waals surface area contributed by atoms with E-state index in [-0.39, 0.29) is 33.1 Å². The van der Waals surface area contributed by atoms with E-state index in [4.69, 9.17) is 9.47 Å². The molecule has 0 unspecified atom stereocenters. The molecule has 0 radical (unpaired) electrons. The average molecular weight is 526 g/mol. The number of methoxy groups -OCH3 is 3. The third kappa shape index (κ3) is 4.86. The number of halogens is 1. The topological polar surface area (TPSA) is 136 Å². The van der Waals surface area contributed by atoms with Gasteiger partial charge in [-0.25, -0.2) is 18.8 Å². The van der Waals surface area contributed by atoms with Crippen LogP contribution >= 0.6 is 11.3 Å². The van der Waals surface area contributed by atoms with E-state index in [1.807, 2.05) is 12.1 Å². The molecule has 2 aromatic heterocycles. The highest BCUT2D eigenvalue weighted by Gasteiger charge is 2.27. The molecule has 0 fully saturated rings. The van der Waals surface area contributed by atoms with Gasteiger partial charge in [-0.15, -0.1) is 11.3 Å². The van der Waals surface area contributed by atoms with Gasteiger partial charge in [0.2, 0.25) is 0 Å². The van der Waals surface area contributed by atoms with Crippen LogP contribution in [-0.4, -0.2) is 50.1 Å². The molecule has 0 saturated carbocycles. The highest BCUT2D eigenvalue weighted by Crippen LogP contribution is 2.32. The maximum Gasteiger partial charge on any atom is 0.349 e. The molecule has 2 aromatic carbocycles. The molecule has 0 aliphatic rings. The maximum absolute atomic E-state index is 14.8. The number of urea groups is 1. The van der Waals surface area contributed by atoms with E-state index < -0.39 is 29.6 Å². The number of hydrogen-bond donors (Lipinski definition) is 3. The molecule has 0 saturated heterocycles. The zero-order chi connectivity index (χ0) is 26.7. The summed E-state index contributed by atoms with van der Waals surface area (Å²) in [5.74, 6) is -3.01. The Labute approximate surface area is 213 Å². The Morgan fingerprint density at radius 2 is 1.62 bits per heavy atom. The van der Waals surface area contributed by atoms with Crippen molar-refractivity contribution in [1.29, 1.82) is 0 Å². The Balaban J connectivity index is 1.64. The van der Waals surface area contributed by atoms with E-state index in [1.54, 1.807) is 18.3 Å². The first-order chi connectivity index (χ1) is 17.8. The van der Waals surface area contributed by atoms with Crippen molar-refractivity contribution >= 4 is 57.4 Å². The Bertz CT molecular complexity index is 1540. The van der Waals surface area contributed by atoms with Crippen molar-refractivity contribution < 1.29 is 37.8 Å². The number of hydrogen-bond acceptors (Lipinski definition) is 8. The summed E-state index contributed by atoms with van der Waals surface area (Å²) in [4.78, 5) is 53.2. The fraction of sp³-hybridized carbons (Fsp3) is 0.120. The SMILES string of the molecule is COC(=O)c1scc(NC(=O)Nc2cc(C(=O)c3c[nH]c4ccccc34)c(OC)cc2F)c1C(=O)OC. The molecule has 0 bridgehead atoms. The molecule has 0 aliphatic carbocycles. The first-order valence-corrected chi connectivity index (χ1v) is 11.5. The number of amides is 2. The predicted octanol–water partition coefficient (Wildman–Crippen LogP) is 4.83. The van der Waals surface area contributed by atoms with Crippen LogP contribution in [0.2, 0.25) is 0 Å². The van der Waals surface area contributed by atoms with E-state index in [9.17, 15) is 23.6 Å². The van der Waals surface area contributed by atoms with Gasteiger partial charge in [-0.1, -0.05) is 18.2 Å². The summed E-state index contributed by atoms with van der Waals surface area (Å²) < 4.78 is 29.4. The summed E-state index contributed by atoms with van der Waals surface area (Å²) in [5, 5.41) is 6.72. The van der Waals surface area contributed by atoms with Crippen molar-refractivity contribution in [1.82, 2.24) is 4.98 Å². The monoisotopic (exact) mass is 525 g/mol. The van der Waals surface area contributed by atoms with Crippen LogP contribution in [0.1, 0.15) is 36.0 Å². The number of anilines is 2. The molecule has 12 heteroatoms. The highest BCUT2D eigenvalue weighted by molar-refractivity contribution is 7.13. The van der Waals surface area contributed by atoms with E-state index in [1.165, 1.54) is 12.5 Å². The number of aromatic nitrogens is 1. The van der Waals surface area contributed by atoms with Crippen LogP contribution in [0, 0.1) is 5.82 Å².